The Balaban J connectivity index is 2.58. The van der Waals surface area contributed by atoms with Gasteiger partial charge in [-0.15, -0.1) is 11.3 Å². The van der Waals surface area contributed by atoms with E-state index in [-0.39, 0.29) is 12.0 Å². The molecule has 1 unspecified atom stereocenters. The maximum Gasteiger partial charge on any atom is 0.329 e. The fourth-order valence-corrected chi connectivity index (χ4v) is 2.44. The van der Waals surface area contributed by atoms with Crippen molar-refractivity contribution in [3.8, 4) is 0 Å². The number of hydrogen-bond acceptors (Lipinski definition) is 4. The Morgan fingerprint density at radius 2 is 1.95 bits per heavy atom. The van der Waals surface area contributed by atoms with Gasteiger partial charge in [-0.2, -0.15) is 0 Å². The van der Waals surface area contributed by atoms with Crippen LogP contribution in [-0.4, -0.2) is 27.6 Å². The molecule has 0 saturated heterocycles. The molecule has 0 aliphatic heterocycles. The van der Waals surface area contributed by atoms with E-state index in [1.54, 1.807) is 6.92 Å². The van der Waals surface area contributed by atoms with Crippen LogP contribution in [0.15, 0.2) is 5.38 Å². The number of nitrogens with zero attached hydrogens (tertiary/aromatic N) is 1. The summed E-state index contributed by atoms with van der Waals surface area (Å²) in [5.41, 5.74) is -0.307. The van der Waals surface area contributed by atoms with Crippen molar-refractivity contribution >= 4 is 23.3 Å². The van der Waals surface area contributed by atoms with Crippen molar-refractivity contribution in [1.29, 1.82) is 0 Å². The molecule has 0 radical (unpaired) electrons. The SMILES string of the molecule is CCC(C)(NC(=O)NCc1nc(C(C)(C)C)cs1)C(=O)O. The Morgan fingerprint density at radius 3 is 2.38 bits per heavy atom. The summed E-state index contributed by atoms with van der Waals surface area (Å²) in [6, 6.07) is -0.505. The summed E-state index contributed by atoms with van der Waals surface area (Å²) in [6.45, 7) is 9.70. The fourth-order valence-electron chi connectivity index (χ4n) is 1.48. The molecule has 1 aromatic heterocycles. The lowest BCUT2D eigenvalue weighted by Crippen LogP contribution is -2.54. The lowest BCUT2D eigenvalue weighted by Gasteiger charge is -2.24. The van der Waals surface area contributed by atoms with Crippen molar-refractivity contribution in [1.82, 2.24) is 15.6 Å². The molecule has 0 aliphatic rings. The summed E-state index contributed by atoms with van der Waals surface area (Å²) in [6.07, 6.45) is 0.307. The minimum atomic E-state index is -1.26. The molecule has 0 bridgehead atoms. The van der Waals surface area contributed by atoms with Gasteiger partial charge < -0.3 is 15.7 Å². The van der Waals surface area contributed by atoms with E-state index in [1.807, 2.05) is 5.38 Å². The predicted molar refractivity (Wildman–Crippen MR) is 82.5 cm³/mol. The Hall–Kier alpha value is -1.63. The second kappa shape index (κ2) is 6.43. The van der Waals surface area contributed by atoms with Gasteiger partial charge in [-0.05, 0) is 13.3 Å². The molecule has 3 N–H and O–H groups in total. The molecule has 21 heavy (non-hydrogen) atoms. The van der Waals surface area contributed by atoms with Crippen molar-refractivity contribution in [2.75, 3.05) is 0 Å². The van der Waals surface area contributed by atoms with Gasteiger partial charge in [0.25, 0.3) is 0 Å². The van der Waals surface area contributed by atoms with E-state index in [4.69, 9.17) is 5.11 Å². The molecule has 118 valence electrons. The zero-order valence-electron chi connectivity index (χ0n) is 13.1. The van der Waals surface area contributed by atoms with Crippen molar-refractivity contribution in [3.05, 3.63) is 16.1 Å². The third kappa shape index (κ3) is 4.70. The van der Waals surface area contributed by atoms with E-state index in [2.05, 4.69) is 36.4 Å². The number of rotatable bonds is 5. The number of hydrogen-bond donors (Lipinski definition) is 3. The Kier molecular flexibility index (Phi) is 5.33. The molecular formula is C14H23N3O3S. The smallest absolute Gasteiger partial charge is 0.329 e. The number of aliphatic carboxylic acids is 1. The van der Waals surface area contributed by atoms with Gasteiger partial charge in [-0.25, -0.2) is 14.6 Å². The standard InChI is InChI=1S/C14H23N3O3S/c1-6-14(5,11(18)19)17-12(20)15-7-10-16-9(8-21-10)13(2,3)4/h8H,6-7H2,1-5H3,(H,18,19)(H2,15,17,20). The van der Waals surface area contributed by atoms with Gasteiger partial charge in [0.2, 0.25) is 0 Å². The molecule has 0 spiro atoms. The number of aromatic nitrogens is 1. The first-order valence-electron chi connectivity index (χ1n) is 6.83. The summed E-state index contributed by atoms with van der Waals surface area (Å²) in [4.78, 5) is 27.4. The summed E-state index contributed by atoms with van der Waals surface area (Å²) in [5.74, 6) is -1.05. The topological polar surface area (TPSA) is 91.3 Å². The molecular weight excluding hydrogens is 290 g/mol. The highest BCUT2D eigenvalue weighted by Gasteiger charge is 2.32. The first kappa shape index (κ1) is 17.4. The van der Waals surface area contributed by atoms with Crippen molar-refractivity contribution in [2.45, 2.75) is 58.5 Å². The minimum absolute atomic E-state index is 0.0267. The van der Waals surface area contributed by atoms with Crippen LogP contribution < -0.4 is 10.6 Å². The minimum Gasteiger partial charge on any atom is -0.480 e. The lowest BCUT2D eigenvalue weighted by molar-refractivity contribution is -0.143. The van der Waals surface area contributed by atoms with E-state index in [1.165, 1.54) is 18.3 Å². The highest BCUT2D eigenvalue weighted by molar-refractivity contribution is 7.09. The third-order valence-corrected chi connectivity index (χ3v) is 4.14. The molecule has 1 heterocycles. The zero-order chi connectivity index (χ0) is 16.3. The first-order valence-corrected chi connectivity index (χ1v) is 7.70. The van der Waals surface area contributed by atoms with Crippen molar-refractivity contribution in [2.24, 2.45) is 0 Å². The maximum absolute atomic E-state index is 11.8. The second-order valence-corrected chi connectivity index (χ2v) is 7.12. The number of urea groups is 1. The molecule has 0 fully saturated rings. The quantitative estimate of drug-likeness (QED) is 0.779. The van der Waals surface area contributed by atoms with Crippen LogP contribution in [0.3, 0.4) is 0 Å². The summed E-state index contributed by atoms with van der Waals surface area (Å²) in [5, 5.41) is 17.0. The monoisotopic (exact) mass is 313 g/mol. The molecule has 1 rings (SSSR count). The Bertz CT molecular complexity index is 522. The van der Waals surface area contributed by atoms with Gasteiger partial charge in [-0.1, -0.05) is 27.7 Å². The number of carbonyl (C=O) groups excluding carboxylic acids is 1. The molecule has 1 atom stereocenters. The molecule has 2 amide bonds. The van der Waals surface area contributed by atoms with Crippen LogP contribution in [0.25, 0.3) is 0 Å². The fraction of sp³-hybridized carbons (Fsp3) is 0.643. The highest BCUT2D eigenvalue weighted by atomic mass is 32.1. The van der Waals surface area contributed by atoms with Crippen LogP contribution in [0, 0.1) is 0 Å². The van der Waals surface area contributed by atoms with Gasteiger partial charge in [0.1, 0.15) is 10.5 Å². The van der Waals surface area contributed by atoms with Gasteiger partial charge in [-0.3, -0.25) is 0 Å². The van der Waals surface area contributed by atoms with Crippen molar-refractivity contribution in [3.63, 3.8) is 0 Å². The number of carbonyl (C=O) groups is 2. The van der Waals surface area contributed by atoms with Gasteiger partial charge in [0, 0.05) is 10.8 Å². The molecule has 7 heteroatoms. The van der Waals surface area contributed by atoms with Gasteiger partial charge in [0.15, 0.2) is 0 Å². The lowest BCUT2D eigenvalue weighted by atomic mass is 9.93. The number of carboxylic acid groups (broad SMARTS) is 1. The maximum atomic E-state index is 11.8. The third-order valence-electron chi connectivity index (χ3n) is 3.29. The van der Waals surface area contributed by atoms with Crippen LogP contribution in [0.2, 0.25) is 0 Å². The predicted octanol–water partition coefficient (Wildman–Crippen LogP) is 2.49. The molecule has 1 aromatic rings. The van der Waals surface area contributed by atoms with Crippen LogP contribution in [0.1, 0.15) is 51.7 Å². The summed E-state index contributed by atoms with van der Waals surface area (Å²) >= 11 is 1.48. The Labute approximate surface area is 129 Å². The van der Waals surface area contributed by atoms with E-state index in [0.29, 0.717) is 6.42 Å². The van der Waals surface area contributed by atoms with E-state index in [9.17, 15) is 9.59 Å². The molecule has 0 aliphatic carbocycles. The molecule has 0 saturated carbocycles. The van der Waals surface area contributed by atoms with Crippen molar-refractivity contribution < 1.29 is 14.7 Å². The largest absolute Gasteiger partial charge is 0.480 e. The summed E-state index contributed by atoms with van der Waals surface area (Å²) in [7, 11) is 0. The first-order chi connectivity index (χ1) is 9.58. The number of nitrogens with one attached hydrogen (secondary N) is 2. The summed E-state index contributed by atoms with van der Waals surface area (Å²) < 4.78 is 0. The van der Waals surface area contributed by atoms with Gasteiger partial charge in [0.05, 0.1) is 12.2 Å². The normalized spacial score (nSPS) is 14.3. The van der Waals surface area contributed by atoms with Gasteiger partial charge >= 0.3 is 12.0 Å². The average molecular weight is 313 g/mol. The van der Waals surface area contributed by atoms with E-state index in [0.717, 1.165) is 10.7 Å². The number of carboxylic acids is 1. The van der Waals surface area contributed by atoms with Crippen LogP contribution in [0.4, 0.5) is 4.79 Å². The zero-order valence-corrected chi connectivity index (χ0v) is 13.9. The highest BCUT2D eigenvalue weighted by Crippen LogP contribution is 2.23. The molecule has 0 aromatic carbocycles. The van der Waals surface area contributed by atoms with Crippen LogP contribution in [-0.2, 0) is 16.8 Å². The molecule has 6 nitrogen and oxygen atoms in total. The average Bonchev–Trinajstić information content (AvgIpc) is 2.84. The van der Waals surface area contributed by atoms with E-state index < -0.39 is 17.5 Å². The number of thiazole rings is 1. The number of amides is 2. The van der Waals surface area contributed by atoms with E-state index >= 15 is 0 Å². The Morgan fingerprint density at radius 1 is 1.33 bits per heavy atom. The second-order valence-electron chi connectivity index (χ2n) is 6.17. The van der Waals surface area contributed by atoms with Crippen LogP contribution in [0.5, 0.6) is 0 Å². The van der Waals surface area contributed by atoms with Crippen LogP contribution >= 0.6 is 11.3 Å².